The van der Waals surface area contributed by atoms with E-state index in [9.17, 15) is 18.0 Å². The summed E-state index contributed by atoms with van der Waals surface area (Å²) in [4.78, 5) is 15.1. The van der Waals surface area contributed by atoms with Crippen molar-refractivity contribution < 1.29 is 22.7 Å². The van der Waals surface area contributed by atoms with Crippen LogP contribution < -0.4 is 0 Å². The number of rotatable bonds is 3. The van der Waals surface area contributed by atoms with Crippen LogP contribution in [0, 0.1) is 0 Å². The SMILES string of the molecule is CCOC(=O)c1ncn(-c2ccc(Cl)cc2)c1C(F)(F)F. The lowest BCUT2D eigenvalue weighted by atomic mass is 10.2. The Labute approximate surface area is 123 Å². The van der Waals surface area contributed by atoms with E-state index in [0.717, 1.165) is 10.9 Å². The average molecular weight is 319 g/mol. The van der Waals surface area contributed by atoms with Gasteiger partial charge in [0.1, 0.15) is 6.33 Å². The molecule has 4 nitrogen and oxygen atoms in total. The van der Waals surface area contributed by atoms with Crippen LogP contribution in [0.15, 0.2) is 30.6 Å². The number of hydrogen-bond donors (Lipinski definition) is 0. The summed E-state index contributed by atoms with van der Waals surface area (Å²) in [7, 11) is 0. The quantitative estimate of drug-likeness (QED) is 0.810. The zero-order valence-corrected chi connectivity index (χ0v) is 11.6. The maximum absolute atomic E-state index is 13.2. The lowest BCUT2D eigenvalue weighted by Crippen LogP contribution is -2.18. The molecule has 0 saturated heterocycles. The number of nitrogens with zero attached hydrogens (tertiary/aromatic N) is 2. The molecule has 0 aliphatic carbocycles. The first-order valence-corrected chi connectivity index (χ1v) is 6.30. The predicted molar refractivity (Wildman–Crippen MR) is 69.5 cm³/mol. The highest BCUT2D eigenvalue weighted by Crippen LogP contribution is 2.34. The summed E-state index contributed by atoms with van der Waals surface area (Å²) in [5.41, 5.74) is -1.75. The smallest absolute Gasteiger partial charge is 0.434 e. The second kappa shape index (κ2) is 5.77. The van der Waals surface area contributed by atoms with Crippen LogP contribution in [-0.4, -0.2) is 22.1 Å². The minimum Gasteiger partial charge on any atom is -0.461 e. The molecule has 0 atom stereocenters. The van der Waals surface area contributed by atoms with E-state index in [1.165, 1.54) is 31.2 Å². The summed E-state index contributed by atoms with van der Waals surface area (Å²) >= 11 is 5.70. The van der Waals surface area contributed by atoms with E-state index < -0.39 is 23.5 Å². The molecular formula is C13H10ClF3N2O2. The molecule has 1 aromatic heterocycles. The minimum atomic E-state index is -4.75. The average Bonchev–Trinajstić information content (AvgIpc) is 2.84. The van der Waals surface area contributed by atoms with Gasteiger partial charge in [-0.25, -0.2) is 9.78 Å². The Hall–Kier alpha value is -2.02. The normalized spacial score (nSPS) is 11.5. The molecule has 8 heteroatoms. The van der Waals surface area contributed by atoms with Crippen LogP contribution >= 0.6 is 11.6 Å². The van der Waals surface area contributed by atoms with Crippen LogP contribution in [-0.2, 0) is 10.9 Å². The topological polar surface area (TPSA) is 44.1 Å². The number of halogens is 4. The highest BCUT2D eigenvalue weighted by Gasteiger charge is 2.41. The van der Waals surface area contributed by atoms with Gasteiger partial charge in [-0.3, -0.25) is 4.57 Å². The standard InChI is InChI=1S/C13H10ClF3N2O2/c1-2-21-12(20)10-11(13(15,16)17)19(7-18-10)9-5-3-8(14)4-6-9/h3-7H,2H2,1H3. The number of carbonyl (C=O) groups is 1. The lowest BCUT2D eigenvalue weighted by Gasteiger charge is -2.12. The summed E-state index contributed by atoms with van der Waals surface area (Å²) in [6.45, 7) is 1.46. The van der Waals surface area contributed by atoms with Gasteiger partial charge >= 0.3 is 12.1 Å². The van der Waals surface area contributed by atoms with Crippen molar-refractivity contribution in [1.29, 1.82) is 0 Å². The summed E-state index contributed by atoms with van der Waals surface area (Å²) in [6, 6.07) is 5.69. The summed E-state index contributed by atoms with van der Waals surface area (Å²) in [5, 5.41) is 0.387. The zero-order valence-electron chi connectivity index (χ0n) is 10.8. The lowest BCUT2D eigenvalue weighted by molar-refractivity contribution is -0.142. The van der Waals surface area contributed by atoms with Gasteiger partial charge in [-0.15, -0.1) is 0 Å². The third-order valence-electron chi connectivity index (χ3n) is 2.61. The Morgan fingerprint density at radius 2 is 1.95 bits per heavy atom. The van der Waals surface area contributed by atoms with Crippen LogP contribution in [0.25, 0.3) is 5.69 Å². The first-order chi connectivity index (χ1) is 9.84. The molecule has 0 aliphatic heterocycles. The van der Waals surface area contributed by atoms with Gasteiger partial charge < -0.3 is 4.74 Å². The molecule has 0 saturated carbocycles. The molecule has 1 heterocycles. The molecule has 0 fully saturated rings. The van der Waals surface area contributed by atoms with E-state index in [2.05, 4.69) is 9.72 Å². The third kappa shape index (κ3) is 3.18. The molecule has 2 rings (SSSR count). The molecule has 0 N–H and O–H groups in total. The Balaban J connectivity index is 2.57. The van der Waals surface area contributed by atoms with Crippen molar-refractivity contribution in [1.82, 2.24) is 9.55 Å². The largest absolute Gasteiger partial charge is 0.461 e. The minimum absolute atomic E-state index is 0.0378. The van der Waals surface area contributed by atoms with Gasteiger partial charge in [0.15, 0.2) is 11.4 Å². The third-order valence-corrected chi connectivity index (χ3v) is 2.86. The van der Waals surface area contributed by atoms with Crippen LogP contribution in [0.4, 0.5) is 13.2 Å². The maximum atomic E-state index is 13.2. The fraction of sp³-hybridized carbons (Fsp3) is 0.231. The zero-order chi connectivity index (χ0) is 15.6. The Morgan fingerprint density at radius 3 is 2.48 bits per heavy atom. The predicted octanol–water partition coefficient (Wildman–Crippen LogP) is 3.72. The number of aromatic nitrogens is 2. The first-order valence-electron chi connectivity index (χ1n) is 5.92. The molecule has 0 amide bonds. The molecular weight excluding hydrogens is 309 g/mol. The number of carbonyl (C=O) groups excluding carboxylic acids is 1. The van der Waals surface area contributed by atoms with Crippen molar-refractivity contribution in [2.24, 2.45) is 0 Å². The van der Waals surface area contributed by atoms with Gasteiger partial charge in [0.05, 0.1) is 6.61 Å². The highest BCUT2D eigenvalue weighted by atomic mass is 35.5. The van der Waals surface area contributed by atoms with Crippen LogP contribution in [0.2, 0.25) is 5.02 Å². The summed E-state index contributed by atoms with van der Waals surface area (Å²) in [6.07, 6.45) is -3.82. The number of alkyl halides is 3. The van der Waals surface area contributed by atoms with Gasteiger partial charge in [-0.1, -0.05) is 11.6 Å². The number of hydrogen-bond acceptors (Lipinski definition) is 3. The highest BCUT2D eigenvalue weighted by molar-refractivity contribution is 6.30. The van der Waals surface area contributed by atoms with Crippen molar-refractivity contribution in [2.75, 3.05) is 6.61 Å². The second-order valence-electron chi connectivity index (χ2n) is 4.01. The van der Waals surface area contributed by atoms with E-state index in [1.807, 2.05) is 0 Å². The Morgan fingerprint density at radius 1 is 1.33 bits per heavy atom. The molecule has 1 aromatic carbocycles. The van der Waals surface area contributed by atoms with Crippen LogP contribution in [0.1, 0.15) is 23.1 Å². The fourth-order valence-corrected chi connectivity index (χ4v) is 1.89. The number of imidazole rings is 1. The fourth-order valence-electron chi connectivity index (χ4n) is 1.77. The summed E-state index contributed by atoms with van der Waals surface area (Å²) < 4.78 is 45.0. The van der Waals surface area contributed by atoms with Gasteiger partial charge in [-0.2, -0.15) is 13.2 Å². The van der Waals surface area contributed by atoms with Crippen molar-refractivity contribution in [3.05, 3.63) is 47.0 Å². The van der Waals surface area contributed by atoms with Crippen LogP contribution in [0.5, 0.6) is 0 Å². The molecule has 2 aromatic rings. The van der Waals surface area contributed by atoms with Crippen LogP contribution in [0.3, 0.4) is 0 Å². The van der Waals surface area contributed by atoms with E-state index in [4.69, 9.17) is 11.6 Å². The van der Waals surface area contributed by atoms with Gasteiger partial charge in [0.25, 0.3) is 0 Å². The number of benzene rings is 1. The van der Waals surface area contributed by atoms with Crippen molar-refractivity contribution in [2.45, 2.75) is 13.1 Å². The van der Waals surface area contributed by atoms with E-state index in [-0.39, 0.29) is 12.3 Å². The van der Waals surface area contributed by atoms with Crippen molar-refractivity contribution in [3.8, 4) is 5.69 Å². The molecule has 0 bridgehead atoms. The summed E-state index contributed by atoms with van der Waals surface area (Å²) in [5.74, 6) is -1.11. The number of ether oxygens (including phenoxy) is 1. The second-order valence-corrected chi connectivity index (χ2v) is 4.44. The first kappa shape index (κ1) is 15.4. The molecule has 21 heavy (non-hydrogen) atoms. The van der Waals surface area contributed by atoms with E-state index in [1.54, 1.807) is 0 Å². The number of esters is 1. The Kier molecular flexibility index (Phi) is 4.22. The molecule has 0 radical (unpaired) electrons. The van der Waals surface area contributed by atoms with Gasteiger partial charge in [0.2, 0.25) is 0 Å². The molecule has 0 spiro atoms. The van der Waals surface area contributed by atoms with E-state index in [0.29, 0.717) is 5.02 Å². The van der Waals surface area contributed by atoms with Crippen molar-refractivity contribution >= 4 is 17.6 Å². The van der Waals surface area contributed by atoms with Gasteiger partial charge in [-0.05, 0) is 31.2 Å². The molecule has 0 aliphatic rings. The molecule has 0 unspecified atom stereocenters. The van der Waals surface area contributed by atoms with Crippen molar-refractivity contribution in [3.63, 3.8) is 0 Å². The maximum Gasteiger partial charge on any atom is 0.434 e. The Bertz CT molecular complexity index is 650. The monoisotopic (exact) mass is 318 g/mol. The van der Waals surface area contributed by atoms with Gasteiger partial charge in [0, 0.05) is 10.7 Å². The van der Waals surface area contributed by atoms with E-state index >= 15 is 0 Å². The molecule has 112 valence electrons.